The second-order valence-electron chi connectivity index (χ2n) is 7.84. The molecule has 0 unspecified atom stereocenters. The fourth-order valence-corrected chi connectivity index (χ4v) is 5.37. The molecule has 142 valence electrons. The average Bonchev–Trinajstić information content (AvgIpc) is 3.01. The van der Waals surface area contributed by atoms with Gasteiger partial charge < -0.3 is 10.3 Å². The van der Waals surface area contributed by atoms with Gasteiger partial charge in [0, 0.05) is 4.88 Å². The van der Waals surface area contributed by atoms with Crippen molar-refractivity contribution in [3.8, 4) is 0 Å². The summed E-state index contributed by atoms with van der Waals surface area (Å²) in [7, 11) is 0. The topological polar surface area (TPSA) is 57.8 Å². The number of fused-ring (bicyclic) bond motifs is 3. The first-order valence-electron chi connectivity index (χ1n) is 9.85. The maximum atomic E-state index is 12.7. The van der Waals surface area contributed by atoms with E-state index < -0.39 is 0 Å². The highest BCUT2D eigenvalue weighted by Crippen LogP contribution is 2.35. The van der Waals surface area contributed by atoms with Gasteiger partial charge in [0.2, 0.25) is 0 Å². The average molecular weight is 382 g/mol. The van der Waals surface area contributed by atoms with Crippen molar-refractivity contribution in [3.63, 3.8) is 0 Å². The third-order valence-electron chi connectivity index (χ3n) is 5.70. The van der Waals surface area contributed by atoms with E-state index in [4.69, 9.17) is 4.98 Å². The van der Waals surface area contributed by atoms with Gasteiger partial charge in [-0.1, -0.05) is 31.2 Å². The molecule has 0 saturated heterocycles. The maximum Gasteiger partial charge on any atom is 0.259 e. The molecule has 5 heteroatoms. The minimum atomic E-state index is 0.0178. The maximum absolute atomic E-state index is 12.7. The van der Waals surface area contributed by atoms with Crippen LogP contribution in [0.15, 0.2) is 29.1 Å². The van der Waals surface area contributed by atoms with Crippen molar-refractivity contribution in [1.29, 1.82) is 0 Å². The fourth-order valence-electron chi connectivity index (χ4n) is 3.98. The SMILES string of the molecule is Cc1ccccc1CCN[C@@H](C)c1nc2sc3c(c2c(=O)[nH]1)CC[C@H](C)C3. The van der Waals surface area contributed by atoms with Gasteiger partial charge >= 0.3 is 0 Å². The zero-order chi connectivity index (χ0) is 19.0. The van der Waals surface area contributed by atoms with Gasteiger partial charge in [-0.2, -0.15) is 0 Å². The van der Waals surface area contributed by atoms with E-state index in [9.17, 15) is 4.79 Å². The van der Waals surface area contributed by atoms with E-state index in [1.54, 1.807) is 11.3 Å². The van der Waals surface area contributed by atoms with Gasteiger partial charge in [0.05, 0.1) is 11.4 Å². The minimum absolute atomic E-state index is 0.0178. The van der Waals surface area contributed by atoms with Crippen LogP contribution in [0.3, 0.4) is 0 Å². The van der Waals surface area contributed by atoms with Crippen LogP contribution in [-0.4, -0.2) is 16.5 Å². The summed E-state index contributed by atoms with van der Waals surface area (Å²) in [5.41, 5.74) is 3.94. The molecule has 0 amide bonds. The molecule has 1 aliphatic rings. The molecule has 2 N–H and O–H groups in total. The second-order valence-corrected chi connectivity index (χ2v) is 8.92. The molecule has 0 fully saturated rings. The van der Waals surface area contributed by atoms with E-state index in [0.29, 0.717) is 5.92 Å². The summed E-state index contributed by atoms with van der Waals surface area (Å²) in [5.74, 6) is 1.44. The molecule has 2 heterocycles. The van der Waals surface area contributed by atoms with Crippen LogP contribution < -0.4 is 10.9 Å². The quantitative estimate of drug-likeness (QED) is 0.692. The summed E-state index contributed by atoms with van der Waals surface area (Å²) in [6.45, 7) is 7.35. The summed E-state index contributed by atoms with van der Waals surface area (Å²) in [4.78, 5) is 22.8. The van der Waals surface area contributed by atoms with Crippen molar-refractivity contribution in [3.05, 3.63) is 62.0 Å². The molecular formula is C22H27N3OS. The van der Waals surface area contributed by atoms with Crippen molar-refractivity contribution in [1.82, 2.24) is 15.3 Å². The number of rotatable bonds is 5. The summed E-state index contributed by atoms with van der Waals surface area (Å²) in [5, 5.41) is 4.34. The third kappa shape index (κ3) is 3.71. The Kier molecular flexibility index (Phi) is 5.15. The highest BCUT2D eigenvalue weighted by Gasteiger charge is 2.23. The molecular weight excluding hydrogens is 354 g/mol. The number of hydrogen-bond donors (Lipinski definition) is 2. The molecule has 0 radical (unpaired) electrons. The smallest absolute Gasteiger partial charge is 0.259 e. The van der Waals surface area contributed by atoms with Crippen LogP contribution in [0.4, 0.5) is 0 Å². The van der Waals surface area contributed by atoms with E-state index >= 15 is 0 Å². The Hall–Kier alpha value is -1.98. The van der Waals surface area contributed by atoms with E-state index in [2.05, 4.69) is 55.3 Å². The third-order valence-corrected chi connectivity index (χ3v) is 6.85. The first-order chi connectivity index (χ1) is 13.0. The predicted molar refractivity (Wildman–Crippen MR) is 113 cm³/mol. The molecule has 4 rings (SSSR count). The predicted octanol–water partition coefficient (Wildman–Crippen LogP) is 4.31. The van der Waals surface area contributed by atoms with Crippen LogP contribution >= 0.6 is 11.3 Å². The van der Waals surface area contributed by atoms with Crippen molar-refractivity contribution >= 4 is 21.6 Å². The molecule has 0 saturated carbocycles. The Morgan fingerprint density at radius 1 is 1.37 bits per heavy atom. The lowest BCUT2D eigenvalue weighted by atomic mass is 9.89. The normalized spacial score (nSPS) is 17.8. The molecule has 27 heavy (non-hydrogen) atoms. The van der Waals surface area contributed by atoms with Gasteiger partial charge in [-0.3, -0.25) is 4.79 Å². The van der Waals surface area contributed by atoms with Gasteiger partial charge in [-0.25, -0.2) is 4.98 Å². The van der Waals surface area contributed by atoms with Crippen molar-refractivity contribution in [2.24, 2.45) is 5.92 Å². The number of hydrogen-bond acceptors (Lipinski definition) is 4. The number of aromatic amines is 1. The molecule has 4 nitrogen and oxygen atoms in total. The molecule has 2 aromatic heterocycles. The van der Waals surface area contributed by atoms with E-state index in [0.717, 1.165) is 48.3 Å². The zero-order valence-corrected chi connectivity index (χ0v) is 17.1. The molecule has 0 bridgehead atoms. The van der Waals surface area contributed by atoms with Crippen molar-refractivity contribution < 1.29 is 0 Å². The lowest BCUT2D eigenvalue weighted by molar-refractivity contribution is 0.509. The Morgan fingerprint density at radius 2 is 2.19 bits per heavy atom. The van der Waals surface area contributed by atoms with Crippen molar-refractivity contribution in [2.45, 2.75) is 52.5 Å². The summed E-state index contributed by atoms with van der Waals surface area (Å²) < 4.78 is 0. The standard InChI is InChI=1S/C22H27N3OS/c1-13-8-9-17-18(12-13)27-22-19(17)21(26)24-20(25-22)15(3)23-11-10-16-7-5-4-6-14(16)2/h4-7,13,15,23H,8-12H2,1-3H3,(H,24,25,26)/t13-,15-/m0/s1. The van der Waals surface area contributed by atoms with Crippen molar-refractivity contribution in [2.75, 3.05) is 6.54 Å². The van der Waals surface area contributed by atoms with Gasteiger partial charge in [0.15, 0.2) is 0 Å². The second kappa shape index (κ2) is 7.56. The van der Waals surface area contributed by atoms with Crippen LogP contribution in [0.5, 0.6) is 0 Å². The van der Waals surface area contributed by atoms with Gasteiger partial charge in [-0.15, -0.1) is 11.3 Å². The largest absolute Gasteiger partial charge is 0.309 e. The van der Waals surface area contributed by atoms with Crippen LogP contribution in [0.2, 0.25) is 0 Å². The first-order valence-corrected chi connectivity index (χ1v) is 10.7. The highest BCUT2D eigenvalue weighted by atomic mass is 32.1. The monoisotopic (exact) mass is 381 g/mol. The van der Waals surface area contributed by atoms with Gasteiger partial charge in [0.25, 0.3) is 5.56 Å². The van der Waals surface area contributed by atoms with Gasteiger partial charge in [-0.05, 0) is 68.7 Å². The Bertz CT molecular complexity index is 1020. The molecule has 0 aliphatic heterocycles. The highest BCUT2D eigenvalue weighted by molar-refractivity contribution is 7.18. The molecule has 1 aromatic carbocycles. The number of H-pyrrole nitrogens is 1. The van der Waals surface area contributed by atoms with Gasteiger partial charge in [0.1, 0.15) is 10.7 Å². The Labute approximate surface area is 164 Å². The number of thiophene rings is 1. The molecule has 1 aliphatic carbocycles. The number of benzene rings is 1. The van der Waals surface area contributed by atoms with Crippen LogP contribution in [0.1, 0.15) is 53.7 Å². The fraction of sp³-hybridized carbons (Fsp3) is 0.455. The van der Waals surface area contributed by atoms with Crippen LogP contribution in [-0.2, 0) is 19.3 Å². The molecule has 3 aromatic rings. The molecule has 0 spiro atoms. The lowest BCUT2D eigenvalue weighted by Gasteiger charge is -2.17. The summed E-state index contributed by atoms with van der Waals surface area (Å²) in [6.07, 6.45) is 4.21. The lowest BCUT2D eigenvalue weighted by Crippen LogP contribution is -2.25. The number of aromatic nitrogens is 2. The summed E-state index contributed by atoms with van der Waals surface area (Å²) in [6, 6.07) is 8.48. The number of nitrogens with one attached hydrogen (secondary N) is 2. The number of aryl methyl sites for hydroxylation is 2. The molecule has 2 atom stereocenters. The minimum Gasteiger partial charge on any atom is -0.309 e. The van der Waals surface area contributed by atoms with Crippen LogP contribution in [0, 0.1) is 12.8 Å². The summed E-state index contributed by atoms with van der Waals surface area (Å²) >= 11 is 1.71. The number of nitrogens with zero attached hydrogens (tertiary/aromatic N) is 1. The van der Waals surface area contributed by atoms with E-state index in [1.165, 1.54) is 21.6 Å². The Balaban J connectivity index is 1.51. The van der Waals surface area contributed by atoms with E-state index in [-0.39, 0.29) is 11.6 Å². The first kappa shape index (κ1) is 18.4. The Morgan fingerprint density at radius 3 is 3.00 bits per heavy atom. The zero-order valence-electron chi connectivity index (χ0n) is 16.3. The van der Waals surface area contributed by atoms with E-state index in [1.807, 2.05) is 0 Å². The van der Waals surface area contributed by atoms with Crippen LogP contribution in [0.25, 0.3) is 10.2 Å².